The van der Waals surface area contributed by atoms with Crippen LogP contribution in [0.15, 0.2) is 48.8 Å². The van der Waals surface area contributed by atoms with Crippen LogP contribution in [0.1, 0.15) is 5.69 Å². The predicted octanol–water partition coefficient (Wildman–Crippen LogP) is 3.26. The van der Waals surface area contributed by atoms with Gasteiger partial charge in [-0.3, -0.25) is 4.98 Å². The molecule has 94 valence electrons. The SMILES string of the molecule is Cc1nc(Nc2cccc3ccncc23)ccc1N. The van der Waals surface area contributed by atoms with Crippen molar-refractivity contribution < 1.29 is 0 Å². The standard InChI is InChI=1S/C15H14N4/c1-10-13(16)5-6-15(18-10)19-14-4-2-3-11-7-8-17-9-12(11)14/h2-9H,16H2,1H3,(H,18,19). The van der Waals surface area contributed by atoms with Gasteiger partial charge in [-0.15, -0.1) is 0 Å². The number of anilines is 3. The number of aryl methyl sites for hydroxylation is 1. The molecule has 3 rings (SSSR count). The number of rotatable bonds is 2. The first-order valence-electron chi connectivity index (χ1n) is 6.07. The molecule has 0 unspecified atom stereocenters. The van der Waals surface area contributed by atoms with E-state index in [1.807, 2.05) is 43.5 Å². The van der Waals surface area contributed by atoms with Crippen molar-refractivity contribution >= 4 is 28.0 Å². The Labute approximate surface area is 111 Å². The Bertz CT molecular complexity index is 732. The van der Waals surface area contributed by atoms with Gasteiger partial charge in [0.25, 0.3) is 0 Å². The Morgan fingerprint density at radius 1 is 1.11 bits per heavy atom. The van der Waals surface area contributed by atoms with E-state index in [2.05, 4.69) is 21.4 Å². The molecule has 19 heavy (non-hydrogen) atoms. The number of hydrogen-bond acceptors (Lipinski definition) is 4. The zero-order valence-corrected chi connectivity index (χ0v) is 10.6. The lowest BCUT2D eigenvalue weighted by atomic mass is 10.1. The molecule has 3 N–H and O–H groups in total. The lowest BCUT2D eigenvalue weighted by molar-refractivity contribution is 1.20. The highest BCUT2D eigenvalue weighted by molar-refractivity contribution is 5.94. The van der Waals surface area contributed by atoms with Crippen molar-refractivity contribution in [1.82, 2.24) is 9.97 Å². The fourth-order valence-corrected chi connectivity index (χ4v) is 2.00. The van der Waals surface area contributed by atoms with Crippen LogP contribution in [0.5, 0.6) is 0 Å². The summed E-state index contributed by atoms with van der Waals surface area (Å²) in [6.45, 7) is 1.89. The largest absolute Gasteiger partial charge is 0.397 e. The second-order valence-electron chi connectivity index (χ2n) is 4.40. The smallest absolute Gasteiger partial charge is 0.130 e. The molecule has 0 saturated heterocycles. The quantitative estimate of drug-likeness (QED) is 0.732. The third-order valence-electron chi connectivity index (χ3n) is 3.07. The number of hydrogen-bond donors (Lipinski definition) is 2. The van der Waals surface area contributed by atoms with Gasteiger partial charge >= 0.3 is 0 Å². The molecule has 0 spiro atoms. The van der Waals surface area contributed by atoms with Crippen LogP contribution < -0.4 is 11.1 Å². The average molecular weight is 250 g/mol. The van der Waals surface area contributed by atoms with E-state index in [-0.39, 0.29) is 0 Å². The fraction of sp³-hybridized carbons (Fsp3) is 0.0667. The second-order valence-corrected chi connectivity index (χ2v) is 4.40. The first kappa shape index (κ1) is 11.5. The molecule has 4 nitrogen and oxygen atoms in total. The van der Waals surface area contributed by atoms with Crippen LogP contribution in [0, 0.1) is 6.92 Å². The summed E-state index contributed by atoms with van der Waals surface area (Å²) in [7, 11) is 0. The third kappa shape index (κ3) is 2.20. The molecule has 0 fully saturated rings. The summed E-state index contributed by atoms with van der Waals surface area (Å²) >= 11 is 0. The van der Waals surface area contributed by atoms with Crippen molar-refractivity contribution in [2.24, 2.45) is 0 Å². The first-order chi connectivity index (χ1) is 9.24. The summed E-state index contributed by atoms with van der Waals surface area (Å²) in [5.41, 5.74) is 8.28. The molecule has 2 aromatic heterocycles. The summed E-state index contributed by atoms with van der Waals surface area (Å²) < 4.78 is 0. The van der Waals surface area contributed by atoms with Crippen LogP contribution in [-0.2, 0) is 0 Å². The van der Waals surface area contributed by atoms with Crippen LogP contribution in [-0.4, -0.2) is 9.97 Å². The van der Waals surface area contributed by atoms with E-state index in [0.717, 1.165) is 28.0 Å². The number of pyridine rings is 2. The zero-order valence-electron chi connectivity index (χ0n) is 10.6. The van der Waals surface area contributed by atoms with Crippen LogP contribution in [0.4, 0.5) is 17.2 Å². The molecule has 0 amide bonds. The van der Waals surface area contributed by atoms with Crippen LogP contribution >= 0.6 is 0 Å². The van der Waals surface area contributed by atoms with Gasteiger partial charge in [-0.2, -0.15) is 0 Å². The lowest BCUT2D eigenvalue weighted by Crippen LogP contribution is -1.98. The third-order valence-corrected chi connectivity index (χ3v) is 3.07. The maximum absolute atomic E-state index is 5.77. The minimum atomic E-state index is 0.699. The Hall–Kier alpha value is -2.62. The van der Waals surface area contributed by atoms with Gasteiger partial charge in [0, 0.05) is 23.5 Å². The average Bonchev–Trinajstić information content (AvgIpc) is 2.43. The predicted molar refractivity (Wildman–Crippen MR) is 78.4 cm³/mol. The van der Waals surface area contributed by atoms with Gasteiger partial charge in [-0.1, -0.05) is 12.1 Å². The summed E-state index contributed by atoms with van der Waals surface area (Å²) in [6, 6.07) is 11.8. The minimum Gasteiger partial charge on any atom is -0.397 e. The van der Waals surface area contributed by atoms with Crippen molar-refractivity contribution in [3.8, 4) is 0 Å². The lowest BCUT2D eigenvalue weighted by Gasteiger charge is -2.10. The molecule has 0 bridgehead atoms. The number of nitrogens with zero attached hydrogens (tertiary/aromatic N) is 2. The summed E-state index contributed by atoms with van der Waals surface area (Å²) in [4.78, 5) is 8.58. The van der Waals surface area contributed by atoms with Gasteiger partial charge in [-0.25, -0.2) is 4.98 Å². The van der Waals surface area contributed by atoms with Crippen molar-refractivity contribution in [2.45, 2.75) is 6.92 Å². The van der Waals surface area contributed by atoms with Gasteiger partial charge in [-0.05, 0) is 36.6 Å². The molecule has 0 aliphatic rings. The number of nitrogens with one attached hydrogen (secondary N) is 1. The van der Waals surface area contributed by atoms with E-state index >= 15 is 0 Å². The Morgan fingerprint density at radius 3 is 2.84 bits per heavy atom. The van der Waals surface area contributed by atoms with Gasteiger partial charge in [0.05, 0.1) is 11.4 Å². The summed E-state index contributed by atoms with van der Waals surface area (Å²) in [5.74, 6) is 0.781. The van der Waals surface area contributed by atoms with Crippen molar-refractivity contribution in [3.63, 3.8) is 0 Å². The van der Waals surface area contributed by atoms with E-state index in [1.54, 1.807) is 6.20 Å². The molecule has 0 radical (unpaired) electrons. The topological polar surface area (TPSA) is 63.8 Å². The number of nitrogen functional groups attached to an aromatic ring is 1. The van der Waals surface area contributed by atoms with Crippen LogP contribution in [0.2, 0.25) is 0 Å². The first-order valence-corrected chi connectivity index (χ1v) is 6.07. The summed E-state index contributed by atoms with van der Waals surface area (Å²) in [6.07, 6.45) is 3.64. The Balaban J connectivity index is 2.03. The van der Waals surface area contributed by atoms with Crippen LogP contribution in [0.25, 0.3) is 10.8 Å². The highest BCUT2D eigenvalue weighted by Crippen LogP contribution is 2.25. The van der Waals surface area contributed by atoms with E-state index in [4.69, 9.17) is 5.73 Å². The van der Waals surface area contributed by atoms with Crippen molar-refractivity contribution in [1.29, 1.82) is 0 Å². The maximum atomic E-state index is 5.77. The molecular formula is C15H14N4. The minimum absolute atomic E-state index is 0.699. The Kier molecular flexibility index (Phi) is 2.76. The maximum Gasteiger partial charge on any atom is 0.130 e. The van der Waals surface area contributed by atoms with Gasteiger partial charge < -0.3 is 11.1 Å². The molecule has 2 heterocycles. The van der Waals surface area contributed by atoms with E-state index in [9.17, 15) is 0 Å². The van der Waals surface area contributed by atoms with Gasteiger partial charge in [0.1, 0.15) is 5.82 Å². The molecule has 3 aromatic rings. The normalized spacial score (nSPS) is 10.6. The molecule has 0 aliphatic carbocycles. The highest BCUT2D eigenvalue weighted by atomic mass is 15.0. The van der Waals surface area contributed by atoms with E-state index < -0.39 is 0 Å². The molecular weight excluding hydrogens is 236 g/mol. The van der Waals surface area contributed by atoms with E-state index in [0.29, 0.717) is 5.69 Å². The molecule has 1 aromatic carbocycles. The second kappa shape index (κ2) is 4.57. The van der Waals surface area contributed by atoms with Crippen LogP contribution in [0.3, 0.4) is 0 Å². The molecule has 0 aliphatic heterocycles. The number of fused-ring (bicyclic) bond motifs is 1. The zero-order chi connectivity index (χ0) is 13.2. The Morgan fingerprint density at radius 2 is 2.00 bits per heavy atom. The number of aromatic nitrogens is 2. The fourth-order valence-electron chi connectivity index (χ4n) is 2.00. The van der Waals surface area contributed by atoms with Crippen molar-refractivity contribution in [3.05, 3.63) is 54.5 Å². The molecule has 4 heteroatoms. The number of nitrogens with two attached hydrogens (primary N) is 1. The highest BCUT2D eigenvalue weighted by Gasteiger charge is 2.03. The van der Waals surface area contributed by atoms with Gasteiger partial charge in [0.15, 0.2) is 0 Å². The van der Waals surface area contributed by atoms with Crippen molar-refractivity contribution in [2.75, 3.05) is 11.1 Å². The molecule has 0 saturated carbocycles. The summed E-state index contributed by atoms with van der Waals surface area (Å²) in [5, 5.41) is 5.52. The van der Waals surface area contributed by atoms with E-state index in [1.165, 1.54) is 0 Å². The monoisotopic (exact) mass is 250 g/mol. The van der Waals surface area contributed by atoms with Gasteiger partial charge in [0.2, 0.25) is 0 Å². The molecule has 0 atom stereocenters. The number of benzene rings is 1.